The highest BCUT2D eigenvalue weighted by molar-refractivity contribution is 5.74. The summed E-state index contributed by atoms with van der Waals surface area (Å²) in [4.78, 5) is 12.4. The minimum absolute atomic E-state index is 0.0272. The Morgan fingerprint density at radius 2 is 1.88 bits per heavy atom. The first-order valence-corrected chi connectivity index (χ1v) is 9.45. The highest BCUT2D eigenvalue weighted by Gasteiger charge is 2.25. The standard InChI is InChI=1S/C20H32N2O3/c1-3-20(24,4-2)15-21-19(23)22-18(17-8-6-5-7-9-17)14-16-10-12-25-13-11-16/h5-9,16,18,24H,3-4,10-15H2,1-2H3,(H2,21,22,23). The van der Waals surface area contributed by atoms with Crippen LogP contribution in [0, 0.1) is 5.92 Å². The van der Waals surface area contributed by atoms with Crippen molar-refractivity contribution in [2.75, 3.05) is 19.8 Å². The molecule has 1 aliphatic rings. The second-order valence-electron chi connectivity index (χ2n) is 7.01. The lowest BCUT2D eigenvalue weighted by Gasteiger charge is -2.29. The van der Waals surface area contributed by atoms with Crippen molar-refractivity contribution in [2.24, 2.45) is 5.92 Å². The van der Waals surface area contributed by atoms with Crippen LogP contribution in [0.2, 0.25) is 0 Å². The van der Waals surface area contributed by atoms with E-state index in [-0.39, 0.29) is 18.6 Å². The molecule has 2 amide bonds. The van der Waals surface area contributed by atoms with E-state index in [1.54, 1.807) is 0 Å². The Bertz CT molecular complexity index is 511. The molecule has 0 bridgehead atoms. The molecule has 5 nitrogen and oxygen atoms in total. The molecule has 1 heterocycles. The Kier molecular flexibility index (Phi) is 7.72. The average Bonchev–Trinajstić information content (AvgIpc) is 2.67. The first-order chi connectivity index (χ1) is 12.1. The van der Waals surface area contributed by atoms with Gasteiger partial charge in [-0.3, -0.25) is 0 Å². The molecule has 5 heteroatoms. The molecule has 3 N–H and O–H groups in total. The van der Waals surface area contributed by atoms with Crippen molar-refractivity contribution in [3.8, 4) is 0 Å². The summed E-state index contributed by atoms with van der Waals surface area (Å²) < 4.78 is 5.44. The van der Waals surface area contributed by atoms with Crippen LogP contribution in [0.15, 0.2) is 30.3 Å². The van der Waals surface area contributed by atoms with Crippen molar-refractivity contribution in [3.63, 3.8) is 0 Å². The van der Waals surface area contributed by atoms with Crippen LogP contribution < -0.4 is 10.6 Å². The van der Waals surface area contributed by atoms with Gasteiger partial charge in [-0.05, 0) is 43.6 Å². The molecule has 1 aromatic rings. The van der Waals surface area contributed by atoms with Crippen LogP contribution in [0.5, 0.6) is 0 Å². The summed E-state index contributed by atoms with van der Waals surface area (Å²) in [5.41, 5.74) is 0.283. The molecule has 1 aliphatic heterocycles. The van der Waals surface area contributed by atoms with Crippen molar-refractivity contribution in [1.29, 1.82) is 0 Å². The Balaban J connectivity index is 1.96. The molecular weight excluding hydrogens is 316 g/mol. The topological polar surface area (TPSA) is 70.6 Å². The fourth-order valence-corrected chi connectivity index (χ4v) is 3.23. The molecule has 1 aromatic carbocycles. The van der Waals surface area contributed by atoms with Gasteiger partial charge in [-0.2, -0.15) is 0 Å². The molecule has 0 aromatic heterocycles. The summed E-state index contributed by atoms with van der Waals surface area (Å²) >= 11 is 0. The Morgan fingerprint density at radius 1 is 1.24 bits per heavy atom. The monoisotopic (exact) mass is 348 g/mol. The Morgan fingerprint density at radius 3 is 2.48 bits per heavy atom. The lowest BCUT2D eigenvalue weighted by Crippen LogP contribution is -2.46. The first-order valence-electron chi connectivity index (χ1n) is 9.45. The quantitative estimate of drug-likeness (QED) is 0.674. The van der Waals surface area contributed by atoms with Gasteiger partial charge in [0, 0.05) is 19.8 Å². The van der Waals surface area contributed by atoms with Crippen LogP contribution in [0.3, 0.4) is 0 Å². The number of nitrogens with one attached hydrogen (secondary N) is 2. The minimum Gasteiger partial charge on any atom is -0.388 e. The number of benzene rings is 1. The van der Waals surface area contributed by atoms with Crippen LogP contribution in [0.4, 0.5) is 4.79 Å². The Hall–Kier alpha value is -1.59. The van der Waals surface area contributed by atoms with Crippen molar-refractivity contribution in [1.82, 2.24) is 10.6 Å². The summed E-state index contributed by atoms with van der Waals surface area (Å²) in [6.07, 6.45) is 4.23. The van der Waals surface area contributed by atoms with E-state index in [1.807, 2.05) is 32.0 Å². The Labute approximate surface area is 151 Å². The number of hydrogen-bond acceptors (Lipinski definition) is 3. The number of ether oxygens (including phenoxy) is 1. The first kappa shape index (κ1) is 19.7. The summed E-state index contributed by atoms with van der Waals surface area (Å²) in [5, 5.41) is 16.3. The fraction of sp³-hybridized carbons (Fsp3) is 0.650. The van der Waals surface area contributed by atoms with Gasteiger partial charge in [0.1, 0.15) is 0 Å². The number of carbonyl (C=O) groups is 1. The third-order valence-corrected chi connectivity index (χ3v) is 5.31. The number of amides is 2. The third-order valence-electron chi connectivity index (χ3n) is 5.31. The normalized spacial score (nSPS) is 17.1. The number of hydrogen-bond donors (Lipinski definition) is 3. The molecule has 1 saturated heterocycles. The summed E-state index contributed by atoms with van der Waals surface area (Å²) in [6, 6.07) is 9.84. The van der Waals surface area contributed by atoms with Crippen molar-refractivity contribution < 1.29 is 14.6 Å². The van der Waals surface area contributed by atoms with E-state index in [0.717, 1.165) is 38.0 Å². The van der Waals surface area contributed by atoms with E-state index in [1.165, 1.54) is 0 Å². The molecule has 0 spiro atoms. The van der Waals surface area contributed by atoms with Gasteiger partial charge < -0.3 is 20.5 Å². The van der Waals surface area contributed by atoms with Crippen molar-refractivity contribution >= 4 is 6.03 Å². The van der Waals surface area contributed by atoms with Crippen LogP contribution in [-0.2, 0) is 4.74 Å². The number of urea groups is 1. The molecule has 140 valence electrons. The molecule has 0 aliphatic carbocycles. The zero-order chi connectivity index (χ0) is 18.1. The van der Waals surface area contributed by atoms with E-state index in [9.17, 15) is 9.90 Å². The van der Waals surface area contributed by atoms with Crippen LogP contribution in [0.1, 0.15) is 57.6 Å². The molecule has 0 saturated carbocycles. The van der Waals surface area contributed by atoms with Crippen LogP contribution in [0.25, 0.3) is 0 Å². The van der Waals surface area contributed by atoms with E-state index in [0.29, 0.717) is 18.8 Å². The summed E-state index contributed by atoms with van der Waals surface area (Å²) in [6.45, 7) is 5.74. The molecule has 1 fully saturated rings. The van der Waals surface area contributed by atoms with E-state index in [4.69, 9.17) is 4.74 Å². The highest BCUT2D eigenvalue weighted by atomic mass is 16.5. The van der Waals surface area contributed by atoms with Crippen LogP contribution >= 0.6 is 0 Å². The molecule has 1 unspecified atom stereocenters. The zero-order valence-electron chi connectivity index (χ0n) is 15.5. The van der Waals surface area contributed by atoms with Crippen molar-refractivity contribution in [3.05, 3.63) is 35.9 Å². The molecule has 1 atom stereocenters. The van der Waals surface area contributed by atoms with Crippen LogP contribution in [-0.4, -0.2) is 36.5 Å². The van der Waals surface area contributed by atoms with Gasteiger partial charge in [0.05, 0.1) is 11.6 Å². The van der Waals surface area contributed by atoms with Crippen molar-refractivity contribution in [2.45, 2.75) is 57.6 Å². The zero-order valence-corrected chi connectivity index (χ0v) is 15.5. The van der Waals surface area contributed by atoms with Gasteiger partial charge in [-0.25, -0.2) is 4.79 Å². The molecule has 0 radical (unpaired) electrons. The smallest absolute Gasteiger partial charge is 0.315 e. The number of carbonyl (C=O) groups excluding carboxylic acids is 1. The van der Waals surface area contributed by atoms with Gasteiger partial charge in [-0.1, -0.05) is 44.2 Å². The second-order valence-corrected chi connectivity index (χ2v) is 7.01. The van der Waals surface area contributed by atoms with E-state index in [2.05, 4.69) is 22.8 Å². The second kappa shape index (κ2) is 9.78. The number of rotatable bonds is 8. The predicted molar refractivity (Wildman–Crippen MR) is 99.4 cm³/mol. The molecule has 2 rings (SSSR count). The van der Waals surface area contributed by atoms with E-state index < -0.39 is 5.60 Å². The van der Waals surface area contributed by atoms with Gasteiger partial charge >= 0.3 is 6.03 Å². The summed E-state index contributed by atoms with van der Waals surface area (Å²) in [5.74, 6) is 0.558. The van der Waals surface area contributed by atoms with Gasteiger partial charge in [0.15, 0.2) is 0 Å². The van der Waals surface area contributed by atoms with Gasteiger partial charge in [0.2, 0.25) is 0 Å². The summed E-state index contributed by atoms with van der Waals surface area (Å²) in [7, 11) is 0. The maximum atomic E-state index is 12.4. The lowest BCUT2D eigenvalue weighted by molar-refractivity contribution is 0.0347. The largest absolute Gasteiger partial charge is 0.388 e. The number of aliphatic hydroxyl groups is 1. The van der Waals surface area contributed by atoms with E-state index >= 15 is 0 Å². The molecule has 25 heavy (non-hydrogen) atoms. The van der Waals surface area contributed by atoms with Gasteiger partial charge in [0.25, 0.3) is 0 Å². The fourth-order valence-electron chi connectivity index (χ4n) is 3.23. The lowest BCUT2D eigenvalue weighted by atomic mass is 9.89. The highest BCUT2D eigenvalue weighted by Crippen LogP contribution is 2.27. The third kappa shape index (κ3) is 6.33. The van der Waals surface area contributed by atoms with Gasteiger partial charge in [-0.15, -0.1) is 0 Å². The maximum absolute atomic E-state index is 12.4. The average molecular weight is 348 g/mol. The SMILES string of the molecule is CCC(O)(CC)CNC(=O)NC(CC1CCOCC1)c1ccccc1. The minimum atomic E-state index is -0.833. The predicted octanol–water partition coefficient (Wildman–Crippen LogP) is 3.39. The molecular formula is C20H32N2O3. The maximum Gasteiger partial charge on any atom is 0.315 e.